The van der Waals surface area contributed by atoms with Crippen LogP contribution in [-0.4, -0.2) is 20.5 Å². The van der Waals surface area contributed by atoms with Crippen LogP contribution in [0.1, 0.15) is 21.2 Å². The molecule has 0 aliphatic rings. The highest BCUT2D eigenvalue weighted by Gasteiger charge is 2.26. The minimum atomic E-state index is -0.416. The maximum absolute atomic E-state index is 13.2. The maximum Gasteiger partial charge on any atom is 0.200 e. The lowest BCUT2D eigenvalue weighted by Crippen LogP contribution is -2.11. The lowest BCUT2D eigenvalue weighted by Gasteiger charge is -2.15. The second kappa shape index (κ2) is 7.63. The molecule has 0 saturated carbocycles. The van der Waals surface area contributed by atoms with E-state index < -0.39 is 5.25 Å². The molecule has 2 heterocycles. The van der Waals surface area contributed by atoms with Gasteiger partial charge in [0.05, 0.1) is 6.26 Å². The molecule has 0 radical (unpaired) electrons. The largest absolute Gasteiger partial charge is 0.461 e. The third-order valence-corrected chi connectivity index (χ3v) is 5.49. The van der Waals surface area contributed by atoms with Gasteiger partial charge in [-0.2, -0.15) is 0 Å². The SMILES string of the molecule is Cn1c(SC(C(=O)c2ccccc2)c2ccccc2)nnc1-c1ccco1. The first-order valence-electron chi connectivity index (χ1n) is 8.48. The molecule has 0 N–H and O–H groups in total. The maximum atomic E-state index is 13.2. The number of aromatic nitrogens is 3. The van der Waals surface area contributed by atoms with Gasteiger partial charge in [0.25, 0.3) is 0 Å². The molecule has 0 aliphatic heterocycles. The van der Waals surface area contributed by atoms with Gasteiger partial charge in [-0.1, -0.05) is 72.4 Å². The highest BCUT2D eigenvalue weighted by molar-refractivity contribution is 8.00. The van der Waals surface area contributed by atoms with Crippen molar-refractivity contribution in [3.8, 4) is 11.6 Å². The Balaban J connectivity index is 1.69. The third kappa shape index (κ3) is 3.57. The smallest absolute Gasteiger partial charge is 0.200 e. The van der Waals surface area contributed by atoms with E-state index in [0.717, 1.165) is 5.56 Å². The van der Waals surface area contributed by atoms with E-state index in [1.807, 2.05) is 84.4 Å². The quantitative estimate of drug-likeness (QED) is 0.358. The Labute approximate surface area is 161 Å². The molecule has 4 rings (SSSR count). The number of thioether (sulfide) groups is 1. The molecule has 27 heavy (non-hydrogen) atoms. The van der Waals surface area contributed by atoms with Crippen molar-refractivity contribution in [2.24, 2.45) is 7.05 Å². The molecule has 2 aromatic heterocycles. The van der Waals surface area contributed by atoms with Crippen LogP contribution in [0.2, 0.25) is 0 Å². The fraction of sp³-hybridized carbons (Fsp3) is 0.0952. The number of nitrogens with zero attached hydrogens (tertiary/aromatic N) is 3. The van der Waals surface area contributed by atoms with Crippen molar-refractivity contribution in [3.63, 3.8) is 0 Å². The number of furan rings is 1. The van der Waals surface area contributed by atoms with Crippen molar-refractivity contribution >= 4 is 17.5 Å². The van der Waals surface area contributed by atoms with E-state index in [1.165, 1.54) is 11.8 Å². The van der Waals surface area contributed by atoms with Crippen molar-refractivity contribution in [3.05, 3.63) is 90.2 Å². The molecule has 0 spiro atoms. The first-order chi connectivity index (χ1) is 13.2. The van der Waals surface area contributed by atoms with Crippen LogP contribution >= 0.6 is 11.8 Å². The highest BCUT2D eigenvalue weighted by Crippen LogP contribution is 2.37. The summed E-state index contributed by atoms with van der Waals surface area (Å²) in [4.78, 5) is 13.2. The molecule has 0 aliphatic carbocycles. The van der Waals surface area contributed by atoms with E-state index in [-0.39, 0.29) is 5.78 Å². The molecule has 134 valence electrons. The van der Waals surface area contributed by atoms with Crippen LogP contribution in [0.15, 0.2) is 88.6 Å². The summed E-state index contributed by atoms with van der Waals surface area (Å²) in [5.41, 5.74) is 1.60. The predicted octanol–water partition coefficient (Wildman–Crippen LogP) is 4.79. The Hall–Kier alpha value is -3.12. The minimum Gasteiger partial charge on any atom is -0.461 e. The average Bonchev–Trinajstić information content (AvgIpc) is 3.37. The van der Waals surface area contributed by atoms with Crippen LogP contribution in [0.5, 0.6) is 0 Å². The zero-order valence-electron chi connectivity index (χ0n) is 14.6. The van der Waals surface area contributed by atoms with Crippen molar-refractivity contribution < 1.29 is 9.21 Å². The molecule has 1 atom stereocenters. The van der Waals surface area contributed by atoms with Crippen molar-refractivity contribution in [1.82, 2.24) is 14.8 Å². The second-order valence-corrected chi connectivity index (χ2v) is 7.05. The van der Waals surface area contributed by atoms with Gasteiger partial charge in [-0.15, -0.1) is 10.2 Å². The Morgan fingerprint density at radius 3 is 2.33 bits per heavy atom. The number of carbonyl (C=O) groups is 1. The van der Waals surface area contributed by atoms with Gasteiger partial charge >= 0.3 is 0 Å². The average molecular weight is 375 g/mol. The van der Waals surface area contributed by atoms with Crippen molar-refractivity contribution in [2.75, 3.05) is 0 Å². The molecule has 4 aromatic rings. The summed E-state index contributed by atoms with van der Waals surface area (Å²) in [5, 5.41) is 8.74. The van der Waals surface area contributed by atoms with Gasteiger partial charge in [0.2, 0.25) is 0 Å². The molecule has 6 heteroatoms. The van der Waals surface area contributed by atoms with Gasteiger partial charge in [0.1, 0.15) is 5.25 Å². The van der Waals surface area contributed by atoms with Gasteiger partial charge in [-0.05, 0) is 17.7 Å². The van der Waals surface area contributed by atoms with Crippen LogP contribution in [-0.2, 0) is 7.05 Å². The molecular formula is C21H17N3O2S. The molecule has 0 amide bonds. The summed E-state index contributed by atoms with van der Waals surface area (Å²) >= 11 is 1.39. The Morgan fingerprint density at radius 1 is 0.963 bits per heavy atom. The van der Waals surface area contributed by atoms with Gasteiger partial charge in [-0.3, -0.25) is 4.79 Å². The topological polar surface area (TPSA) is 60.9 Å². The fourth-order valence-corrected chi connectivity index (χ4v) is 3.88. The lowest BCUT2D eigenvalue weighted by molar-refractivity contribution is 0.0989. The van der Waals surface area contributed by atoms with Crippen LogP contribution in [0, 0.1) is 0 Å². The summed E-state index contributed by atoms with van der Waals surface area (Å²) in [5.74, 6) is 1.30. The molecule has 2 aromatic carbocycles. The summed E-state index contributed by atoms with van der Waals surface area (Å²) in [6, 6.07) is 22.7. The number of hydrogen-bond donors (Lipinski definition) is 0. The number of benzene rings is 2. The van der Waals surface area contributed by atoms with Crippen LogP contribution in [0.3, 0.4) is 0 Å². The summed E-state index contributed by atoms with van der Waals surface area (Å²) in [7, 11) is 1.87. The van der Waals surface area contributed by atoms with Crippen LogP contribution in [0.25, 0.3) is 11.6 Å². The number of ketones is 1. The van der Waals surface area contributed by atoms with Gasteiger partial charge in [0, 0.05) is 12.6 Å². The summed E-state index contributed by atoms with van der Waals surface area (Å²) in [6.07, 6.45) is 1.60. The Morgan fingerprint density at radius 2 is 1.67 bits per heavy atom. The minimum absolute atomic E-state index is 0.0364. The predicted molar refractivity (Wildman–Crippen MR) is 105 cm³/mol. The zero-order chi connectivity index (χ0) is 18.6. The summed E-state index contributed by atoms with van der Waals surface area (Å²) < 4.78 is 7.27. The van der Waals surface area contributed by atoms with E-state index in [4.69, 9.17) is 4.42 Å². The second-order valence-electron chi connectivity index (χ2n) is 5.98. The first-order valence-corrected chi connectivity index (χ1v) is 9.36. The molecule has 5 nitrogen and oxygen atoms in total. The van der Waals surface area contributed by atoms with Gasteiger partial charge in [0.15, 0.2) is 22.5 Å². The highest BCUT2D eigenvalue weighted by atomic mass is 32.2. The third-order valence-electron chi connectivity index (χ3n) is 4.20. The number of rotatable bonds is 6. The summed E-state index contributed by atoms with van der Waals surface area (Å²) in [6.45, 7) is 0. The Bertz CT molecular complexity index is 1030. The van der Waals surface area contributed by atoms with E-state index in [2.05, 4.69) is 10.2 Å². The zero-order valence-corrected chi connectivity index (χ0v) is 15.5. The van der Waals surface area contributed by atoms with Crippen LogP contribution < -0.4 is 0 Å². The van der Waals surface area contributed by atoms with Gasteiger partial charge in [-0.25, -0.2) is 0 Å². The fourth-order valence-electron chi connectivity index (χ4n) is 2.80. The van der Waals surface area contributed by atoms with E-state index in [0.29, 0.717) is 22.3 Å². The van der Waals surface area contributed by atoms with E-state index in [1.54, 1.807) is 6.26 Å². The normalized spacial score (nSPS) is 12.0. The van der Waals surface area contributed by atoms with E-state index in [9.17, 15) is 4.79 Å². The molecule has 0 fully saturated rings. The van der Waals surface area contributed by atoms with Crippen LogP contribution in [0.4, 0.5) is 0 Å². The molecular weight excluding hydrogens is 358 g/mol. The molecule has 1 unspecified atom stereocenters. The standard InChI is InChI=1S/C21H17N3O2S/c1-24-20(17-13-8-14-26-17)22-23-21(24)27-19(16-11-6-3-7-12-16)18(25)15-9-4-2-5-10-15/h2-14,19H,1H3. The number of Topliss-reactive ketones (excluding diaryl/α,β-unsaturated/α-hetero) is 1. The van der Waals surface area contributed by atoms with Gasteiger partial charge < -0.3 is 8.98 Å². The van der Waals surface area contributed by atoms with E-state index >= 15 is 0 Å². The first kappa shape index (κ1) is 17.3. The lowest BCUT2D eigenvalue weighted by atomic mass is 10.0. The molecule has 0 bridgehead atoms. The number of carbonyl (C=O) groups excluding carboxylic acids is 1. The molecule has 0 saturated heterocycles. The van der Waals surface area contributed by atoms with Crippen molar-refractivity contribution in [1.29, 1.82) is 0 Å². The number of hydrogen-bond acceptors (Lipinski definition) is 5. The van der Waals surface area contributed by atoms with Crippen molar-refractivity contribution in [2.45, 2.75) is 10.4 Å². The monoisotopic (exact) mass is 375 g/mol. The Kier molecular flexibility index (Phi) is 4.89.